The fourth-order valence-corrected chi connectivity index (χ4v) is 5.69. The van der Waals surface area contributed by atoms with E-state index in [1.54, 1.807) is 0 Å². The van der Waals surface area contributed by atoms with Gasteiger partial charge in [-0.1, -0.05) is 24.0 Å². The maximum atomic E-state index is 13.2. The lowest BCUT2D eigenvalue weighted by Gasteiger charge is -2.15. The van der Waals surface area contributed by atoms with E-state index in [2.05, 4.69) is 0 Å². The predicted molar refractivity (Wildman–Crippen MR) is 139 cm³/mol. The zero-order chi connectivity index (χ0) is 28.5. The van der Waals surface area contributed by atoms with Crippen LogP contribution in [0.15, 0.2) is 58.8 Å². The number of thiophene rings is 1. The molecular formula is C25H15F6NO4S3. The number of carbonyl (C=O) groups excluding carboxylic acids is 1. The average Bonchev–Trinajstić information content (AvgIpc) is 3.43. The second kappa shape index (κ2) is 11.0. The van der Waals surface area contributed by atoms with E-state index < -0.39 is 35.4 Å². The van der Waals surface area contributed by atoms with Gasteiger partial charge in [0, 0.05) is 4.88 Å². The summed E-state index contributed by atoms with van der Waals surface area (Å²) in [6.07, 6.45) is -8.46. The number of carboxylic acids is 1. The summed E-state index contributed by atoms with van der Waals surface area (Å²) in [5.41, 5.74) is -2.85. The first-order chi connectivity index (χ1) is 18.2. The summed E-state index contributed by atoms with van der Waals surface area (Å²) in [4.78, 5) is 25.7. The summed E-state index contributed by atoms with van der Waals surface area (Å²) < 4.78 is 85.1. The molecule has 1 aliphatic rings. The summed E-state index contributed by atoms with van der Waals surface area (Å²) in [5.74, 6) is -1.11. The number of carboxylic acid groups (broad SMARTS) is 1. The number of hydrogen-bond donors (Lipinski definition) is 1. The predicted octanol–water partition coefficient (Wildman–Crippen LogP) is 7.43. The number of nitrogens with zero attached hydrogens (tertiary/aromatic N) is 1. The summed E-state index contributed by atoms with van der Waals surface area (Å²) in [6.45, 7) is 0.162. The molecule has 1 aliphatic heterocycles. The van der Waals surface area contributed by atoms with Gasteiger partial charge in [0.15, 0.2) is 0 Å². The van der Waals surface area contributed by atoms with Crippen LogP contribution in [-0.4, -0.2) is 39.4 Å². The van der Waals surface area contributed by atoms with E-state index in [0.29, 0.717) is 22.8 Å². The maximum Gasteiger partial charge on any atom is 0.416 e. The molecule has 1 fully saturated rings. The van der Waals surface area contributed by atoms with Crippen molar-refractivity contribution in [1.29, 1.82) is 0 Å². The number of alkyl halides is 6. The molecule has 5 nitrogen and oxygen atoms in total. The monoisotopic (exact) mass is 603 g/mol. The third-order valence-corrected chi connectivity index (χ3v) is 7.63. The molecule has 0 atom stereocenters. The van der Waals surface area contributed by atoms with Gasteiger partial charge >= 0.3 is 18.3 Å². The second-order valence-electron chi connectivity index (χ2n) is 8.04. The largest absolute Gasteiger partial charge is 0.492 e. The van der Waals surface area contributed by atoms with Gasteiger partial charge in [-0.25, -0.2) is 4.79 Å². The first-order valence-electron chi connectivity index (χ1n) is 10.8. The highest BCUT2D eigenvalue weighted by Crippen LogP contribution is 2.40. The van der Waals surface area contributed by atoms with Crippen molar-refractivity contribution in [2.24, 2.45) is 0 Å². The first kappa shape index (κ1) is 28.6. The Kier molecular flexibility index (Phi) is 8.09. The Hall–Kier alpha value is -3.36. The number of aromatic carboxylic acids is 1. The molecule has 4 rings (SSSR count). The fourth-order valence-electron chi connectivity index (χ4n) is 3.47. The molecule has 1 N–H and O–H groups in total. The van der Waals surface area contributed by atoms with Gasteiger partial charge in [0.2, 0.25) is 0 Å². The van der Waals surface area contributed by atoms with E-state index in [-0.39, 0.29) is 45.1 Å². The Morgan fingerprint density at radius 2 is 1.59 bits per heavy atom. The molecular weight excluding hydrogens is 588 g/mol. The minimum absolute atomic E-state index is 0.0619. The molecule has 0 unspecified atom stereocenters. The molecule has 2 heterocycles. The lowest BCUT2D eigenvalue weighted by atomic mass is 10.0. The van der Waals surface area contributed by atoms with Crippen LogP contribution in [0.25, 0.3) is 17.2 Å². The minimum Gasteiger partial charge on any atom is -0.492 e. The van der Waals surface area contributed by atoms with Crippen LogP contribution in [0.1, 0.15) is 26.4 Å². The fraction of sp³-hybridized carbons (Fsp3) is 0.160. The van der Waals surface area contributed by atoms with Gasteiger partial charge in [-0.3, -0.25) is 9.69 Å². The zero-order valence-corrected chi connectivity index (χ0v) is 21.7. The first-order valence-corrected chi connectivity index (χ1v) is 12.9. The van der Waals surface area contributed by atoms with Crippen LogP contribution in [0.2, 0.25) is 0 Å². The Morgan fingerprint density at radius 3 is 2.15 bits per heavy atom. The molecule has 1 saturated heterocycles. The minimum atomic E-state index is -4.96. The van der Waals surface area contributed by atoms with Gasteiger partial charge < -0.3 is 9.84 Å². The Balaban J connectivity index is 1.47. The average molecular weight is 604 g/mol. The standard InChI is InChI=1S/C25H15F6NO4S3/c26-24(27,28)16-7-14(8-17(10-16)25(29,30)31)15-9-19(38-12-15)11-20-21(33)32(23(37)39-20)5-6-36-18-3-1-13(2-4-18)22(34)35/h1-4,7-12H,5-6H2,(H,34,35). The van der Waals surface area contributed by atoms with Gasteiger partial charge in [0.25, 0.3) is 5.91 Å². The van der Waals surface area contributed by atoms with Crippen molar-refractivity contribution < 1.29 is 45.8 Å². The third kappa shape index (κ3) is 6.81. The maximum absolute atomic E-state index is 13.2. The summed E-state index contributed by atoms with van der Waals surface area (Å²) in [5, 5.41) is 10.3. The number of thiocarbonyl (C=S) groups is 1. The van der Waals surface area contributed by atoms with Crippen LogP contribution < -0.4 is 4.74 Å². The SMILES string of the molecule is O=C(O)c1ccc(OCCN2C(=O)C(=Cc3cc(-c4cc(C(F)(F)F)cc(C(F)(F)F)c4)cs3)SC2=S)cc1. The third-order valence-electron chi connectivity index (χ3n) is 5.37. The van der Waals surface area contributed by atoms with Crippen LogP contribution in [0.5, 0.6) is 5.75 Å². The van der Waals surface area contributed by atoms with E-state index in [1.165, 1.54) is 46.7 Å². The smallest absolute Gasteiger partial charge is 0.416 e. The number of amides is 1. The highest BCUT2D eigenvalue weighted by Gasteiger charge is 2.37. The normalized spacial score (nSPS) is 15.3. The molecule has 39 heavy (non-hydrogen) atoms. The Bertz CT molecular complexity index is 1430. The molecule has 0 radical (unpaired) electrons. The molecule has 0 spiro atoms. The molecule has 0 saturated carbocycles. The van der Waals surface area contributed by atoms with Crippen molar-refractivity contribution in [3.8, 4) is 16.9 Å². The van der Waals surface area contributed by atoms with E-state index in [4.69, 9.17) is 22.1 Å². The number of halogens is 6. The van der Waals surface area contributed by atoms with Gasteiger partial charge in [-0.2, -0.15) is 26.3 Å². The van der Waals surface area contributed by atoms with Gasteiger partial charge in [-0.15, -0.1) is 11.3 Å². The van der Waals surface area contributed by atoms with E-state index in [1.807, 2.05) is 0 Å². The van der Waals surface area contributed by atoms with E-state index in [0.717, 1.165) is 23.1 Å². The number of rotatable bonds is 7. The summed E-state index contributed by atoms with van der Waals surface area (Å²) >= 11 is 7.31. The van der Waals surface area contributed by atoms with Crippen molar-refractivity contribution in [3.05, 3.63) is 80.4 Å². The second-order valence-corrected chi connectivity index (χ2v) is 10.7. The van der Waals surface area contributed by atoms with Crippen LogP contribution in [0, 0.1) is 0 Å². The lowest BCUT2D eigenvalue weighted by Crippen LogP contribution is -2.32. The van der Waals surface area contributed by atoms with Crippen molar-refractivity contribution in [3.63, 3.8) is 0 Å². The molecule has 1 amide bonds. The molecule has 3 aromatic rings. The highest BCUT2D eigenvalue weighted by atomic mass is 32.2. The number of hydrogen-bond acceptors (Lipinski definition) is 6. The lowest BCUT2D eigenvalue weighted by molar-refractivity contribution is -0.143. The molecule has 1 aromatic heterocycles. The van der Waals surface area contributed by atoms with Crippen LogP contribution >= 0.6 is 35.3 Å². The summed E-state index contributed by atoms with van der Waals surface area (Å²) in [7, 11) is 0. The van der Waals surface area contributed by atoms with Crippen molar-refractivity contribution in [2.75, 3.05) is 13.2 Å². The number of carbonyl (C=O) groups is 2. The quantitative estimate of drug-likeness (QED) is 0.172. The highest BCUT2D eigenvalue weighted by molar-refractivity contribution is 8.26. The number of benzene rings is 2. The zero-order valence-electron chi connectivity index (χ0n) is 19.3. The van der Waals surface area contributed by atoms with Crippen LogP contribution in [0.4, 0.5) is 26.3 Å². The van der Waals surface area contributed by atoms with Gasteiger partial charge in [0.05, 0.1) is 28.1 Å². The Morgan fingerprint density at radius 1 is 0.974 bits per heavy atom. The number of ether oxygens (including phenoxy) is 1. The van der Waals surface area contributed by atoms with Gasteiger partial charge in [0.1, 0.15) is 16.7 Å². The topological polar surface area (TPSA) is 66.8 Å². The van der Waals surface area contributed by atoms with Crippen LogP contribution in [0.3, 0.4) is 0 Å². The van der Waals surface area contributed by atoms with Gasteiger partial charge in [-0.05, 0) is 71.1 Å². The Labute approximate surface area is 230 Å². The number of thioether (sulfide) groups is 1. The molecule has 2 aromatic carbocycles. The molecule has 0 bridgehead atoms. The van der Waals surface area contributed by atoms with E-state index in [9.17, 15) is 35.9 Å². The van der Waals surface area contributed by atoms with Crippen molar-refractivity contribution in [2.45, 2.75) is 12.4 Å². The van der Waals surface area contributed by atoms with Crippen molar-refractivity contribution in [1.82, 2.24) is 4.90 Å². The summed E-state index contributed by atoms with van der Waals surface area (Å²) in [6, 6.07) is 8.46. The van der Waals surface area contributed by atoms with E-state index >= 15 is 0 Å². The van der Waals surface area contributed by atoms with Crippen molar-refractivity contribution >= 4 is 57.6 Å². The van der Waals surface area contributed by atoms with Crippen LogP contribution in [-0.2, 0) is 17.1 Å². The molecule has 0 aliphatic carbocycles. The molecule has 14 heteroatoms. The molecule has 204 valence electrons.